The summed E-state index contributed by atoms with van der Waals surface area (Å²) in [6.07, 6.45) is 0.322. The van der Waals surface area contributed by atoms with Gasteiger partial charge in [-0.05, 0) is 37.6 Å². The van der Waals surface area contributed by atoms with Gasteiger partial charge in [0.05, 0.1) is 10.2 Å². The molecular formula is C19H18N2O4S. The first-order chi connectivity index (χ1) is 12.4. The van der Waals surface area contributed by atoms with Gasteiger partial charge in [0.15, 0.2) is 4.80 Å². The number of thiazole rings is 1. The number of carbonyl (C=O) groups is 2. The number of carboxylic acid groups (broad SMARTS) is 1. The summed E-state index contributed by atoms with van der Waals surface area (Å²) in [5, 5.41) is 19.4. The van der Waals surface area contributed by atoms with Crippen LogP contribution in [0.25, 0.3) is 10.2 Å². The Morgan fingerprint density at radius 1 is 1.19 bits per heavy atom. The Bertz CT molecular complexity index is 1050. The van der Waals surface area contributed by atoms with Gasteiger partial charge in [0.1, 0.15) is 11.8 Å². The number of nitrogens with zero attached hydrogens (tertiary/aromatic N) is 2. The average molecular weight is 370 g/mol. The minimum Gasteiger partial charge on any atom is -0.508 e. The number of aromatic nitrogens is 1. The summed E-state index contributed by atoms with van der Waals surface area (Å²) < 4.78 is 2.26. The molecule has 0 aliphatic heterocycles. The van der Waals surface area contributed by atoms with E-state index in [0.717, 1.165) is 10.3 Å². The summed E-state index contributed by atoms with van der Waals surface area (Å²) in [6.45, 7) is 3.68. The zero-order chi connectivity index (χ0) is 18.8. The van der Waals surface area contributed by atoms with Crippen molar-refractivity contribution < 1.29 is 19.8 Å². The van der Waals surface area contributed by atoms with E-state index >= 15 is 0 Å². The topological polar surface area (TPSA) is 91.9 Å². The summed E-state index contributed by atoms with van der Waals surface area (Å²) in [4.78, 5) is 28.7. The highest BCUT2D eigenvalue weighted by Gasteiger charge is 2.22. The molecule has 1 atom stereocenters. The van der Waals surface area contributed by atoms with Gasteiger partial charge in [-0.3, -0.25) is 4.79 Å². The van der Waals surface area contributed by atoms with Crippen LogP contribution in [0.4, 0.5) is 0 Å². The average Bonchev–Trinajstić information content (AvgIpc) is 2.93. The summed E-state index contributed by atoms with van der Waals surface area (Å²) in [5.74, 6) is -1.42. The largest absolute Gasteiger partial charge is 0.508 e. The molecular weight excluding hydrogens is 352 g/mol. The van der Waals surface area contributed by atoms with Gasteiger partial charge in [0, 0.05) is 11.6 Å². The van der Waals surface area contributed by atoms with Gasteiger partial charge < -0.3 is 14.8 Å². The molecule has 1 amide bonds. The van der Waals surface area contributed by atoms with Crippen molar-refractivity contribution in [3.63, 3.8) is 0 Å². The van der Waals surface area contributed by atoms with Crippen LogP contribution in [0.5, 0.6) is 5.75 Å². The van der Waals surface area contributed by atoms with Crippen LogP contribution in [-0.2, 0) is 4.79 Å². The Morgan fingerprint density at radius 2 is 1.88 bits per heavy atom. The second kappa shape index (κ2) is 7.13. The fourth-order valence-electron chi connectivity index (χ4n) is 2.72. The number of rotatable bonds is 4. The first-order valence-electron chi connectivity index (χ1n) is 8.13. The molecule has 0 aliphatic rings. The van der Waals surface area contributed by atoms with Crippen LogP contribution < -0.4 is 4.80 Å². The molecule has 0 aliphatic carbocycles. The lowest BCUT2D eigenvalue weighted by Gasteiger charge is -2.13. The Labute approximate surface area is 153 Å². The number of carbonyl (C=O) groups excluding carboxylic acids is 1. The Balaban J connectivity index is 2.22. The van der Waals surface area contributed by atoms with Crippen molar-refractivity contribution in [3.8, 4) is 5.75 Å². The molecule has 7 heteroatoms. The lowest BCUT2D eigenvalue weighted by atomic mass is 10.1. The van der Waals surface area contributed by atoms with E-state index in [0.29, 0.717) is 22.3 Å². The van der Waals surface area contributed by atoms with Gasteiger partial charge >= 0.3 is 5.97 Å². The molecule has 6 nitrogen and oxygen atoms in total. The van der Waals surface area contributed by atoms with Gasteiger partial charge in [-0.1, -0.05) is 36.0 Å². The summed E-state index contributed by atoms with van der Waals surface area (Å²) in [5.41, 5.74) is 2.01. The lowest BCUT2D eigenvalue weighted by molar-refractivity contribution is -0.140. The van der Waals surface area contributed by atoms with Crippen LogP contribution in [0.3, 0.4) is 0 Å². The number of phenols is 1. The van der Waals surface area contributed by atoms with E-state index < -0.39 is 17.9 Å². The summed E-state index contributed by atoms with van der Waals surface area (Å²) in [7, 11) is 0. The van der Waals surface area contributed by atoms with Crippen molar-refractivity contribution in [1.82, 2.24) is 4.57 Å². The predicted octanol–water partition coefficient (Wildman–Crippen LogP) is 3.49. The molecule has 0 bridgehead atoms. The zero-order valence-electron chi connectivity index (χ0n) is 14.3. The molecule has 0 saturated carbocycles. The number of aromatic hydroxyl groups is 1. The van der Waals surface area contributed by atoms with Crippen molar-refractivity contribution in [1.29, 1.82) is 0 Å². The lowest BCUT2D eigenvalue weighted by Crippen LogP contribution is -2.27. The van der Waals surface area contributed by atoms with E-state index in [1.165, 1.54) is 28.0 Å². The summed E-state index contributed by atoms with van der Waals surface area (Å²) >= 11 is 1.22. The number of hydrogen-bond donors (Lipinski definition) is 2. The van der Waals surface area contributed by atoms with Crippen LogP contribution in [0.1, 0.15) is 35.3 Å². The number of fused-ring (bicyclic) bond motifs is 1. The number of benzene rings is 2. The number of aliphatic carboxylic acids is 1. The van der Waals surface area contributed by atoms with E-state index in [-0.39, 0.29) is 5.75 Å². The van der Waals surface area contributed by atoms with Crippen LogP contribution >= 0.6 is 11.3 Å². The second-order valence-electron chi connectivity index (χ2n) is 5.95. The minimum absolute atomic E-state index is 0.0284. The first-order valence-corrected chi connectivity index (χ1v) is 8.95. The standard InChI is InChI=1S/C19H18N2O4S/c1-3-14(18(24)25)21-15-10-13(22)8-9-16(15)26-19(21)20-17(23)12-6-4-11(2)5-7-12/h4-10,14,22H,3H2,1-2H3,(H,24,25). The Kier molecular flexibility index (Phi) is 4.90. The molecule has 2 aromatic carbocycles. The number of hydrogen-bond acceptors (Lipinski definition) is 4. The number of amides is 1. The van der Waals surface area contributed by atoms with Crippen molar-refractivity contribution in [2.45, 2.75) is 26.3 Å². The third kappa shape index (κ3) is 3.39. The number of carboxylic acids is 1. The maximum atomic E-state index is 12.5. The van der Waals surface area contributed by atoms with Gasteiger partial charge in [0.2, 0.25) is 0 Å². The molecule has 1 heterocycles. The van der Waals surface area contributed by atoms with E-state index in [9.17, 15) is 19.8 Å². The molecule has 2 N–H and O–H groups in total. The van der Waals surface area contributed by atoms with E-state index in [1.807, 2.05) is 19.1 Å². The number of aryl methyl sites for hydroxylation is 1. The maximum absolute atomic E-state index is 12.5. The maximum Gasteiger partial charge on any atom is 0.326 e. The van der Waals surface area contributed by atoms with Crippen molar-refractivity contribution in [3.05, 3.63) is 58.4 Å². The zero-order valence-corrected chi connectivity index (χ0v) is 15.2. The van der Waals surface area contributed by atoms with Crippen LogP contribution in [0.15, 0.2) is 47.5 Å². The van der Waals surface area contributed by atoms with Crippen LogP contribution in [0.2, 0.25) is 0 Å². The molecule has 134 valence electrons. The van der Waals surface area contributed by atoms with E-state index in [4.69, 9.17) is 0 Å². The molecule has 0 saturated heterocycles. The highest BCUT2D eigenvalue weighted by molar-refractivity contribution is 7.16. The molecule has 1 unspecified atom stereocenters. The van der Waals surface area contributed by atoms with E-state index in [1.54, 1.807) is 25.1 Å². The quantitative estimate of drug-likeness (QED) is 0.735. The highest BCUT2D eigenvalue weighted by Crippen LogP contribution is 2.26. The fraction of sp³-hybridized carbons (Fsp3) is 0.211. The monoisotopic (exact) mass is 370 g/mol. The van der Waals surface area contributed by atoms with Gasteiger partial charge in [-0.15, -0.1) is 0 Å². The molecule has 0 fully saturated rings. The van der Waals surface area contributed by atoms with Crippen molar-refractivity contribution in [2.24, 2.45) is 4.99 Å². The first kappa shape index (κ1) is 17.9. The Hall–Kier alpha value is -2.93. The minimum atomic E-state index is -1.01. The molecule has 0 radical (unpaired) electrons. The third-order valence-electron chi connectivity index (χ3n) is 4.09. The smallest absolute Gasteiger partial charge is 0.326 e. The molecule has 0 spiro atoms. The van der Waals surface area contributed by atoms with Crippen LogP contribution in [-0.4, -0.2) is 26.7 Å². The number of phenolic OH excluding ortho intramolecular Hbond substituents is 1. The molecule has 3 aromatic rings. The second-order valence-corrected chi connectivity index (χ2v) is 6.96. The third-order valence-corrected chi connectivity index (χ3v) is 5.12. The molecule has 1 aromatic heterocycles. The normalized spacial score (nSPS) is 13.1. The Morgan fingerprint density at radius 3 is 2.50 bits per heavy atom. The van der Waals surface area contributed by atoms with Gasteiger partial charge in [-0.25, -0.2) is 4.79 Å². The van der Waals surface area contributed by atoms with Crippen LogP contribution in [0, 0.1) is 6.92 Å². The van der Waals surface area contributed by atoms with Gasteiger partial charge in [-0.2, -0.15) is 4.99 Å². The molecule has 3 rings (SSSR count). The summed E-state index contributed by atoms with van der Waals surface area (Å²) in [6, 6.07) is 10.9. The highest BCUT2D eigenvalue weighted by atomic mass is 32.1. The molecule has 26 heavy (non-hydrogen) atoms. The predicted molar refractivity (Wildman–Crippen MR) is 99.5 cm³/mol. The van der Waals surface area contributed by atoms with E-state index in [2.05, 4.69) is 4.99 Å². The van der Waals surface area contributed by atoms with Gasteiger partial charge in [0.25, 0.3) is 5.91 Å². The fourth-order valence-corrected chi connectivity index (χ4v) is 3.77. The van der Waals surface area contributed by atoms with Crippen molar-refractivity contribution in [2.75, 3.05) is 0 Å². The van der Waals surface area contributed by atoms with Crippen molar-refractivity contribution >= 4 is 33.4 Å². The SMILES string of the molecule is CCC(C(=O)O)n1c(=NC(=O)c2ccc(C)cc2)sc2ccc(O)cc21.